The summed E-state index contributed by atoms with van der Waals surface area (Å²) in [6.07, 6.45) is 1.58. The number of aldehydes is 1. The van der Waals surface area contributed by atoms with Crippen molar-refractivity contribution in [1.82, 2.24) is 10.3 Å². The van der Waals surface area contributed by atoms with Gasteiger partial charge in [-0.2, -0.15) is 0 Å². The number of pyridine rings is 1. The molecule has 0 amide bonds. The normalized spacial score (nSPS) is 11.6. The van der Waals surface area contributed by atoms with Crippen molar-refractivity contribution in [2.24, 2.45) is 5.73 Å². The molecule has 8 heteroatoms. The Kier molecular flexibility index (Phi) is 4.41. The average Bonchev–Trinajstić information content (AvgIpc) is 2.28. The Morgan fingerprint density at radius 2 is 2.35 bits per heavy atom. The van der Waals surface area contributed by atoms with Crippen molar-refractivity contribution in [2.75, 3.05) is 0 Å². The molecule has 0 aliphatic heterocycles. The van der Waals surface area contributed by atoms with Crippen molar-refractivity contribution in [3.63, 3.8) is 0 Å². The number of hydrogen-bond acceptors (Lipinski definition) is 6. The highest BCUT2D eigenvalue weighted by Crippen LogP contribution is 2.05. The molecule has 0 radical (unpaired) electrons. The number of hydrogen-bond donors (Lipinski definition) is 2. The number of aromatic nitrogens is 1. The van der Waals surface area contributed by atoms with Crippen LogP contribution in [0.5, 0.6) is 0 Å². The van der Waals surface area contributed by atoms with E-state index in [0.29, 0.717) is 5.15 Å². The summed E-state index contributed by atoms with van der Waals surface area (Å²) in [6, 6.07) is 3.26. The third-order valence-electron chi connectivity index (χ3n) is 1.86. The van der Waals surface area contributed by atoms with E-state index in [4.69, 9.17) is 17.3 Å². The molecule has 0 bridgehead atoms. The van der Waals surface area contributed by atoms with E-state index in [1.807, 2.05) is 0 Å². The summed E-state index contributed by atoms with van der Waals surface area (Å²) < 4.78 is 0. The van der Waals surface area contributed by atoms with Crippen LogP contribution in [0.3, 0.4) is 0 Å². The van der Waals surface area contributed by atoms with Crippen molar-refractivity contribution >= 4 is 17.9 Å². The Balaban J connectivity index is 2.70. The second-order valence-corrected chi connectivity index (χ2v) is 3.40. The van der Waals surface area contributed by atoms with Crippen LogP contribution >= 0.6 is 11.6 Å². The molecule has 0 unspecified atom stereocenters. The number of carbonyl (C=O) groups excluding carboxylic acids is 1. The summed E-state index contributed by atoms with van der Waals surface area (Å²) in [6.45, 7) is 0.210. The molecule has 0 saturated carbocycles. The van der Waals surface area contributed by atoms with Gasteiger partial charge in [-0.25, -0.2) is 4.98 Å². The molecule has 0 atom stereocenters. The van der Waals surface area contributed by atoms with Gasteiger partial charge < -0.3 is 11.1 Å². The summed E-state index contributed by atoms with van der Waals surface area (Å²) in [5.41, 5.74) is 5.38. The maximum absolute atomic E-state index is 10.4. The number of carbonyl (C=O) groups is 1. The average molecular weight is 257 g/mol. The number of allylic oxidation sites excluding steroid dienone is 1. The minimum absolute atomic E-state index is 0.0858. The third kappa shape index (κ3) is 3.72. The van der Waals surface area contributed by atoms with Crippen molar-refractivity contribution < 1.29 is 9.72 Å². The van der Waals surface area contributed by atoms with E-state index >= 15 is 0 Å². The van der Waals surface area contributed by atoms with Gasteiger partial charge in [-0.1, -0.05) is 17.7 Å². The van der Waals surface area contributed by atoms with E-state index in [2.05, 4.69) is 10.3 Å². The molecule has 0 saturated heterocycles. The molecule has 17 heavy (non-hydrogen) atoms. The second-order valence-electron chi connectivity index (χ2n) is 3.02. The minimum Gasteiger partial charge on any atom is -0.380 e. The van der Waals surface area contributed by atoms with E-state index in [-0.39, 0.29) is 18.7 Å². The Labute approximate surface area is 101 Å². The fraction of sp³-hybridized carbons (Fsp3) is 0.111. The summed E-state index contributed by atoms with van der Waals surface area (Å²) in [5, 5.41) is 13.3. The molecule has 1 heterocycles. The lowest BCUT2D eigenvalue weighted by atomic mass is 10.3. The molecule has 0 aromatic carbocycles. The standard InChI is InChI=1S/C9H9ClN4O3/c10-8-2-1-6(3-12-8)4-13-9(11)7(5-15)14(16)17/h1-3,5,13H,4,11H2/b9-7+. The SMILES string of the molecule is N/C(NCc1ccc(Cl)nc1)=C(/C=O)[N+](=O)[O-]. The van der Waals surface area contributed by atoms with Crippen LogP contribution in [0, 0.1) is 10.1 Å². The molecule has 7 nitrogen and oxygen atoms in total. The van der Waals surface area contributed by atoms with E-state index in [0.717, 1.165) is 5.56 Å². The van der Waals surface area contributed by atoms with Gasteiger partial charge in [-0.05, 0) is 11.6 Å². The smallest absolute Gasteiger partial charge is 0.348 e. The van der Waals surface area contributed by atoms with Crippen LogP contribution in [0.15, 0.2) is 29.8 Å². The quantitative estimate of drug-likeness (QED) is 0.260. The fourth-order valence-electron chi connectivity index (χ4n) is 1.00. The van der Waals surface area contributed by atoms with Crippen molar-refractivity contribution in [2.45, 2.75) is 6.54 Å². The summed E-state index contributed by atoms with van der Waals surface area (Å²) in [4.78, 5) is 23.8. The third-order valence-corrected chi connectivity index (χ3v) is 2.08. The van der Waals surface area contributed by atoms with Gasteiger partial charge >= 0.3 is 5.70 Å². The number of nitrogens with zero attached hydrogens (tertiary/aromatic N) is 2. The first-order valence-electron chi connectivity index (χ1n) is 4.48. The van der Waals surface area contributed by atoms with Crippen LogP contribution in [-0.2, 0) is 11.3 Å². The lowest BCUT2D eigenvalue weighted by molar-refractivity contribution is -0.418. The van der Waals surface area contributed by atoms with Crippen LogP contribution in [0.25, 0.3) is 0 Å². The van der Waals surface area contributed by atoms with E-state index in [1.165, 1.54) is 6.20 Å². The lowest BCUT2D eigenvalue weighted by Gasteiger charge is -2.05. The number of halogens is 1. The maximum atomic E-state index is 10.4. The zero-order valence-electron chi connectivity index (χ0n) is 8.59. The van der Waals surface area contributed by atoms with Crippen LogP contribution < -0.4 is 11.1 Å². The van der Waals surface area contributed by atoms with Crippen molar-refractivity contribution in [3.8, 4) is 0 Å². The Morgan fingerprint density at radius 3 is 2.82 bits per heavy atom. The first-order valence-corrected chi connectivity index (χ1v) is 4.86. The van der Waals surface area contributed by atoms with Crippen molar-refractivity contribution in [1.29, 1.82) is 0 Å². The van der Waals surface area contributed by atoms with E-state index < -0.39 is 10.6 Å². The molecule has 90 valence electrons. The number of nitro groups is 1. The molecule has 1 aromatic heterocycles. The molecule has 1 aromatic rings. The van der Waals surface area contributed by atoms with Gasteiger partial charge in [0.25, 0.3) is 0 Å². The second kappa shape index (κ2) is 5.80. The molecule has 0 aliphatic rings. The molecule has 0 fully saturated rings. The highest BCUT2D eigenvalue weighted by Gasteiger charge is 2.14. The summed E-state index contributed by atoms with van der Waals surface area (Å²) in [5.74, 6) is -0.292. The van der Waals surface area contributed by atoms with Gasteiger partial charge in [-0.3, -0.25) is 14.9 Å². The monoisotopic (exact) mass is 256 g/mol. The minimum atomic E-state index is -0.852. The summed E-state index contributed by atoms with van der Waals surface area (Å²) >= 11 is 5.59. The fourth-order valence-corrected chi connectivity index (χ4v) is 1.12. The van der Waals surface area contributed by atoms with Crippen LogP contribution in [0.4, 0.5) is 0 Å². The first kappa shape index (κ1) is 12.9. The zero-order valence-corrected chi connectivity index (χ0v) is 9.35. The van der Waals surface area contributed by atoms with Crippen LogP contribution in [-0.4, -0.2) is 16.2 Å². The van der Waals surface area contributed by atoms with Crippen molar-refractivity contribution in [3.05, 3.63) is 50.7 Å². The predicted octanol–water partition coefficient (Wildman–Crippen LogP) is 0.428. The van der Waals surface area contributed by atoms with Gasteiger partial charge in [0.2, 0.25) is 6.29 Å². The predicted molar refractivity (Wildman–Crippen MR) is 60.4 cm³/mol. The molecule has 1 rings (SSSR count). The Bertz CT molecular complexity index is 458. The zero-order chi connectivity index (χ0) is 12.8. The molecule has 3 N–H and O–H groups in total. The Morgan fingerprint density at radius 1 is 1.65 bits per heavy atom. The Hall–Kier alpha value is -2.15. The first-order chi connectivity index (χ1) is 8.04. The molecule has 0 spiro atoms. The van der Waals surface area contributed by atoms with Gasteiger partial charge in [-0.15, -0.1) is 0 Å². The van der Waals surface area contributed by atoms with Gasteiger partial charge in [0, 0.05) is 12.7 Å². The largest absolute Gasteiger partial charge is 0.380 e. The molecular weight excluding hydrogens is 248 g/mol. The topological polar surface area (TPSA) is 111 Å². The summed E-state index contributed by atoms with van der Waals surface area (Å²) in [7, 11) is 0. The van der Waals surface area contributed by atoms with Crippen LogP contribution in [0.2, 0.25) is 5.15 Å². The molecule has 0 aliphatic carbocycles. The van der Waals surface area contributed by atoms with Gasteiger partial charge in [0.1, 0.15) is 5.15 Å². The number of rotatable bonds is 5. The van der Waals surface area contributed by atoms with E-state index in [1.54, 1.807) is 12.1 Å². The maximum Gasteiger partial charge on any atom is 0.348 e. The highest BCUT2D eigenvalue weighted by molar-refractivity contribution is 6.29. The number of nitrogens with one attached hydrogen (secondary N) is 1. The van der Waals surface area contributed by atoms with E-state index in [9.17, 15) is 14.9 Å². The molecular formula is C9H9ClN4O3. The number of nitrogens with two attached hydrogens (primary N) is 1. The highest BCUT2D eigenvalue weighted by atomic mass is 35.5. The van der Waals surface area contributed by atoms with Gasteiger partial charge in [0.05, 0.1) is 4.92 Å². The lowest BCUT2D eigenvalue weighted by Crippen LogP contribution is -2.24. The van der Waals surface area contributed by atoms with Crippen LogP contribution in [0.1, 0.15) is 5.56 Å². The van der Waals surface area contributed by atoms with Gasteiger partial charge in [0.15, 0.2) is 5.82 Å².